The lowest BCUT2D eigenvalue weighted by Gasteiger charge is -2.04. The van der Waals surface area contributed by atoms with Crippen LogP contribution in [0.3, 0.4) is 0 Å². The smallest absolute Gasteiger partial charge is 0.303 e. The molecule has 0 radical (unpaired) electrons. The summed E-state index contributed by atoms with van der Waals surface area (Å²) in [7, 11) is 0. The third kappa shape index (κ3) is 3.21. The van der Waals surface area contributed by atoms with Gasteiger partial charge in [-0.05, 0) is 25.1 Å². The van der Waals surface area contributed by atoms with Crippen LogP contribution in [0.1, 0.15) is 17.8 Å². The average Bonchev–Trinajstić information content (AvgIpc) is 2.39. The molecule has 0 aliphatic heterocycles. The summed E-state index contributed by atoms with van der Waals surface area (Å²) in [6.45, 7) is 1.79. The number of nitrogens with zero attached hydrogens (tertiary/aromatic N) is 4. The van der Waals surface area contributed by atoms with Crippen molar-refractivity contribution in [3.05, 3.63) is 46.0 Å². The van der Waals surface area contributed by atoms with Crippen LogP contribution in [0.25, 0.3) is 5.82 Å². The van der Waals surface area contributed by atoms with Gasteiger partial charge in [0.2, 0.25) is 0 Å². The molecule has 7 heteroatoms. The molecule has 0 aliphatic rings. The van der Waals surface area contributed by atoms with E-state index in [1.165, 1.54) is 12.1 Å². The van der Waals surface area contributed by atoms with Gasteiger partial charge in [0.05, 0.1) is 17.8 Å². The first kappa shape index (κ1) is 12.9. The van der Waals surface area contributed by atoms with Crippen molar-refractivity contribution < 1.29 is 9.90 Å². The predicted octanol–water partition coefficient (Wildman–Crippen LogP) is 0.348. The first-order chi connectivity index (χ1) is 9.06. The van der Waals surface area contributed by atoms with Crippen LogP contribution in [0.4, 0.5) is 0 Å². The molecule has 0 aromatic carbocycles. The van der Waals surface area contributed by atoms with Crippen molar-refractivity contribution in [3.8, 4) is 5.82 Å². The van der Waals surface area contributed by atoms with E-state index in [0.29, 0.717) is 11.5 Å². The fourth-order valence-corrected chi connectivity index (χ4v) is 1.49. The number of carboxylic acids is 1. The zero-order valence-electron chi connectivity index (χ0n) is 10.3. The van der Waals surface area contributed by atoms with E-state index in [9.17, 15) is 9.59 Å². The van der Waals surface area contributed by atoms with Gasteiger partial charge in [-0.1, -0.05) is 0 Å². The topological polar surface area (TPSA) is 98.0 Å². The van der Waals surface area contributed by atoms with Gasteiger partial charge in [-0.25, -0.2) is 0 Å². The number of carboxylic acid groups (broad SMARTS) is 1. The molecule has 1 N–H and O–H groups in total. The Labute approximate surface area is 108 Å². The van der Waals surface area contributed by atoms with E-state index < -0.39 is 5.97 Å². The van der Waals surface area contributed by atoms with Crippen LogP contribution >= 0.6 is 0 Å². The van der Waals surface area contributed by atoms with Gasteiger partial charge in [0.15, 0.2) is 5.82 Å². The number of aryl methyl sites for hydroxylation is 2. The number of carbonyl (C=O) groups is 1. The molecule has 0 unspecified atom stereocenters. The molecule has 19 heavy (non-hydrogen) atoms. The maximum absolute atomic E-state index is 11.7. The van der Waals surface area contributed by atoms with E-state index in [-0.39, 0.29) is 18.4 Å². The Kier molecular flexibility index (Phi) is 3.65. The summed E-state index contributed by atoms with van der Waals surface area (Å²) in [5.41, 5.74) is 0.917. The van der Waals surface area contributed by atoms with Crippen molar-refractivity contribution >= 4 is 5.97 Å². The largest absolute Gasteiger partial charge is 0.481 e. The molecule has 0 spiro atoms. The number of aliphatic carboxylic acids is 1. The highest BCUT2D eigenvalue weighted by Crippen LogP contribution is 2.01. The predicted molar refractivity (Wildman–Crippen MR) is 66.1 cm³/mol. The highest BCUT2D eigenvalue weighted by Gasteiger charge is 2.06. The van der Waals surface area contributed by atoms with Crippen LogP contribution in [-0.4, -0.2) is 31.1 Å². The van der Waals surface area contributed by atoms with E-state index in [0.717, 1.165) is 10.4 Å². The van der Waals surface area contributed by atoms with Crippen molar-refractivity contribution in [2.75, 3.05) is 0 Å². The van der Waals surface area contributed by atoms with Crippen LogP contribution < -0.4 is 5.56 Å². The molecule has 2 aromatic rings. The maximum atomic E-state index is 11.7. The lowest BCUT2D eigenvalue weighted by Crippen LogP contribution is -2.22. The molecule has 0 amide bonds. The van der Waals surface area contributed by atoms with Crippen LogP contribution in [0.15, 0.2) is 29.1 Å². The first-order valence-electron chi connectivity index (χ1n) is 5.68. The summed E-state index contributed by atoms with van der Waals surface area (Å²) in [6, 6.07) is 6.22. The zero-order chi connectivity index (χ0) is 13.8. The summed E-state index contributed by atoms with van der Waals surface area (Å²) < 4.78 is 1.11. The highest BCUT2D eigenvalue weighted by molar-refractivity contribution is 5.66. The second-order valence-electron chi connectivity index (χ2n) is 4.00. The van der Waals surface area contributed by atoms with Gasteiger partial charge < -0.3 is 5.11 Å². The Bertz CT molecular complexity index is 649. The molecule has 2 aromatic heterocycles. The number of hydrogen-bond acceptors (Lipinski definition) is 5. The second-order valence-corrected chi connectivity index (χ2v) is 4.00. The van der Waals surface area contributed by atoms with E-state index in [2.05, 4.69) is 15.3 Å². The van der Waals surface area contributed by atoms with Gasteiger partial charge in [0, 0.05) is 12.5 Å². The Morgan fingerprint density at radius 1 is 1.26 bits per heavy atom. The Hall–Kier alpha value is -2.57. The SMILES string of the molecule is Cc1ccc(-n2nc(CCC(=O)O)ccc2=O)nn1. The number of rotatable bonds is 4. The Balaban J connectivity index is 2.34. The molecule has 7 nitrogen and oxygen atoms in total. The van der Waals surface area contributed by atoms with Crippen LogP contribution in [0.2, 0.25) is 0 Å². The lowest BCUT2D eigenvalue weighted by molar-refractivity contribution is -0.136. The van der Waals surface area contributed by atoms with Gasteiger partial charge in [-0.3, -0.25) is 9.59 Å². The zero-order valence-corrected chi connectivity index (χ0v) is 10.3. The monoisotopic (exact) mass is 260 g/mol. The molecule has 0 aliphatic carbocycles. The Morgan fingerprint density at radius 2 is 2.05 bits per heavy atom. The van der Waals surface area contributed by atoms with Crippen molar-refractivity contribution in [1.29, 1.82) is 0 Å². The van der Waals surface area contributed by atoms with Gasteiger partial charge in [0.25, 0.3) is 5.56 Å². The van der Waals surface area contributed by atoms with Crippen molar-refractivity contribution in [2.45, 2.75) is 19.8 Å². The van der Waals surface area contributed by atoms with Crippen LogP contribution in [0.5, 0.6) is 0 Å². The average molecular weight is 260 g/mol. The normalized spacial score (nSPS) is 10.4. The third-order valence-electron chi connectivity index (χ3n) is 2.45. The molecule has 2 heterocycles. The molecule has 0 saturated carbocycles. The van der Waals surface area contributed by atoms with E-state index in [1.54, 1.807) is 19.1 Å². The van der Waals surface area contributed by atoms with Gasteiger partial charge >= 0.3 is 5.97 Å². The standard InChI is InChI=1S/C12H12N4O3/c1-8-2-5-10(14-13-8)16-11(17)6-3-9(15-16)4-7-12(18)19/h2-3,5-6H,4,7H2,1H3,(H,18,19). The quantitative estimate of drug-likeness (QED) is 0.851. The fraction of sp³-hybridized carbons (Fsp3) is 0.250. The fourth-order valence-electron chi connectivity index (χ4n) is 1.49. The molecular formula is C12H12N4O3. The molecule has 98 valence electrons. The van der Waals surface area contributed by atoms with Gasteiger partial charge in [-0.2, -0.15) is 14.9 Å². The summed E-state index contributed by atoms with van der Waals surface area (Å²) >= 11 is 0. The number of aromatic nitrogens is 4. The van der Waals surface area contributed by atoms with Crippen LogP contribution in [0, 0.1) is 6.92 Å². The molecule has 0 atom stereocenters. The minimum Gasteiger partial charge on any atom is -0.481 e. The summed E-state index contributed by atoms with van der Waals surface area (Å²) in [5, 5.41) is 20.4. The van der Waals surface area contributed by atoms with E-state index >= 15 is 0 Å². The molecule has 0 saturated heterocycles. The summed E-state index contributed by atoms with van der Waals surface area (Å²) in [4.78, 5) is 22.2. The summed E-state index contributed by atoms with van der Waals surface area (Å²) in [5.74, 6) is -0.595. The third-order valence-corrected chi connectivity index (χ3v) is 2.45. The first-order valence-corrected chi connectivity index (χ1v) is 5.68. The maximum Gasteiger partial charge on any atom is 0.303 e. The molecule has 0 fully saturated rings. The highest BCUT2D eigenvalue weighted by atomic mass is 16.4. The van der Waals surface area contributed by atoms with Gasteiger partial charge in [-0.15, -0.1) is 5.10 Å². The van der Waals surface area contributed by atoms with Gasteiger partial charge in [0.1, 0.15) is 0 Å². The minimum absolute atomic E-state index is 0.0369. The second kappa shape index (κ2) is 5.38. The lowest BCUT2D eigenvalue weighted by atomic mass is 10.2. The Morgan fingerprint density at radius 3 is 2.68 bits per heavy atom. The van der Waals surface area contributed by atoms with E-state index in [1.807, 2.05) is 0 Å². The van der Waals surface area contributed by atoms with Crippen molar-refractivity contribution in [3.63, 3.8) is 0 Å². The molecular weight excluding hydrogens is 248 g/mol. The molecule has 0 bridgehead atoms. The van der Waals surface area contributed by atoms with Crippen LogP contribution in [-0.2, 0) is 11.2 Å². The van der Waals surface area contributed by atoms with Crippen molar-refractivity contribution in [1.82, 2.24) is 20.0 Å². The number of hydrogen-bond donors (Lipinski definition) is 1. The minimum atomic E-state index is -0.908. The molecule has 2 rings (SSSR count). The van der Waals surface area contributed by atoms with Crippen molar-refractivity contribution in [2.24, 2.45) is 0 Å². The summed E-state index contributed by atoms with van der Waals surface area (Å²) in [6.07, 6.45) is 0.222. The van der Waals surface area contributed by atoms with E-state index in [4.69, 9.17) is 5.11 Å².